The topological polar surface area (TPSA) is 74.7 Å². The predicted octanol–water partition coefficient (Wildman–Crippen LogP) is 2.35. The number of imidazole rings is 1. The zero-order valence-corrected chi connectivity index (χ0v) is 10.4. The smallest absolute Gasteiger partial charge is 0.161 e. The molecule has 1 unspecified atom stereocenters. The lowest BCUT2D eigenvalue weighted by atomic mass is 10.2. The fraction of sp³-hybridized carbons (Fsp3) is 0.154. The highest BCUT2D eigenvalue weighted by Crippen LogP contribution is 2.23. The van der Waals surface area contributed by atoms with Crippen molar-refractivity contribution in [2.24, 2.45) is 0 Å². The van der Waals surface area contributed by atoms with E-state index in [-0.39, 0.29) is 0 Å². The van der Waals surface area contributed by atoms with E-state index in [4.69, 9.17) is 0 Å². The SMILES string of the molecule is CC(O)c1cc(-c2nc3cc(F)c(F)cc3[nH]2)cnn1. The van der Waals surface area contributed by atoms with Gasteiger partial charge in [0.05, 0.1) is 29.0 Å². The Kier molecular flexibility index (Phi) is 2.90. The zero-order valence-electron chi connectivity index (χ0n) is 10.4. The van der Waals surface area contributed by atoms with Crippen molar-refractivity contribution in [2.75, 3.05) is 0 Å². The van der Waals surface area contributed by atoms with Gasteiger partial charge in [0.25, 0.3) is 0 Å². The Labute approximate surface area is 112 Å². The summed E-state index contributed by atoms with van der Waals surface area (Å²) in [6.45, 7) is 1.57. The number of aromatic amines is 1. The van der Waals surface area contributed by atoms with Crippen LogP contribution in [-0.2, 0) is 0 Å². The number of aliphatic hydroxyl groups excluding tert-OH is 1. The summed E-state index contributed by atoms with van der Waals surface area (Å²) in [7, 11) is 0. The number of H-pyrrole nitrogens is 1. The lowest BCUT2D eigenvalue weighted by Crippen LogP contribution is -1.98. The Morgan fingerprint density at radius 1 is 1.20 bits per heavy atom. The molecule has 0 fully saturated rings. The predicted molar refractivity (Wildman–Crippen MR) is 67.7 cm³/mol. The molecule has 0 radical (unpaired) electrons. The van der Waals surface area contributed by atoms with Gasteiger partial charge in [-0.2, -0.15) is 10.2 Å². The summed E-state index contributed by atoms with van der Waals surface area (Å²) in [6, 6.07) is 3.68. The van der Waals surface area contributed by atoms with Gasteiger partial charge in [-0.3, -0.25) is 0 Å². The van der Waals surface area contributed by atoms with Gasteiger partial charge in [0.15, 0.2) is 11.6 Å². The minimum atomic E-state index is -0.951. The number of aromatic nitrogens is 4. The lowest BCUT2D eigenvalue weighted by Gasteiger charge is -2.03. The Balaban J connectivity index is 2.12. The van der Waals surface area contributed by atoms with Gasteiger partial charge in [0, 0.05) is 17.7 Å². The van der Waals surface area contributed by atoms with Crippen LogP contribution in [0.15, 0.2) is 24.4 Å². The first-order valence-electron chi connectivity index (χ1n) is 5.90. The van der Waals surface area contributed by atoms with E-state index in [0.717, 1.165) is 12.1 Å². The van der Waals surface area contributed by atoms with Gasteiger partial charge >= 0.3 is 0 Å². The standard InChI is InChI=1S/C13H10F2N4O/c1-6(20)10-2-7(5-16-19-10)13-17-11-3-8(14)9(15)4-12(11)18-13/h2-6,20H,1H3,(H,17,18). The van der Waals surface area contributed by atoms with Crippen LogP contribution < -0.4 is 0 Å². The Morgan fingerprint density at radius 2 is 1.95 bits per heavy atom. The van der Waals surface area contributed by atoms with E-state index in [0.29, 0.717) is 28.1 Å². The molecule has 1 atom stereocenters. The second-order valence-electron chi connectivity index (χ2n) is 4.41. The molecule has 3 rings (SSSR count). The highest BCUT2D eigenvalue weighted by Gasteiger charge is 2.12. The van der Waals surface area contributed by atoms with Crippen molar-refractivity contribution < 1.29 is 13.9 Å². The first kappa shape index (κ1) is 12.6. The minimum Gasteiger partial charge on any atom is -0.387 e. The van der Waals surface area contributed by atoms with Crippen LogP contribution in [0.4, 0.5) is 8.78 Å². The summed E-state index contributed by atoms with van der Waals surface area (Å²) in [5.74, 6) is -1.49. The first-order valence-corrected chi connectivity index (χ1v) is 5.90. The molecule has 0 saturated heterocycles. The quantitative estimate of drug-likeness (QED) is 0.753. The third-order valence-corrected chi connectivity index (χ3v) is 2.90. The van der Waals surface area contributed by atoms with E-state index in [1.807, 2.05) is 0 Å². The molecule has 102 valence electrons. The molecular formula is C13H10F2N4O. The largest absolute Gasteiger partial charge is 0.387 e. The average molecular weight is 276 g/mol. The number of nitrogens with zero attached hydrogens (tertiary/aromatic N) is 3. The van der Waals surface area contributed by atoms with E-state index in [1.165, 1.54) is 6.20 Å². The van der Waals surface area contributed by atoms with Crippen molar-refractivity contribution in [2.45, 2.75) is 13.0 Å². The minimum absolute atomic E-state index is 0.314. The highest BCUT2D eigenvalue weighted by atomic mass is 19.2. The van der Waals surface area contributed by atoms with Gasteiger partial charge in [-0.05, 0) is 13.0 Å². The molecule has 7 heteroatoms. The maximum atomic E-state index is 13.2. The highest BCUT2D eigenvalue weighted by molar-refractivity contribution is 5.79. The molecular weight excluding hydrogens is 266 g/mol. The molecule has 2 N–H and O–H groups in total. The second-order valence-corrected chi connectivity index (χ2v) is 4.41. The molecule has 0 aliphatic rings. The summed E-state index contributed by atoms with van der Waals surface area (Å²) in [4.78, 5) is 7.05. The van der Waals surface area contributed by atoms with Crippen LogP contribution in [-0.4, -0.2) is 25.3 Å². The van der Waals surface area contributed by atoms with Crippen molar-refractivity contribution in [3.05, 3.63) is 41.7 Å². The van der Waals surface area contributed by atoms with E-state index in [9.17, 15) is 13.9 Å². The van der Waals surface area contributed by atoms with Crippen LogP contribution in [0.3, 0.4) is 0 Å². The molecule has 0 bridgehead atoms. The van der Waals surface area contributed by atoms with Crippen LogP contribution in [0.1, 0.15) is 18.7 Å². The van der Waals surface area contributed by atoms with Crippen LogP contribution in [0, 0.1) is 11.6 Å². The third kappa shape index (κ3) is 2.12. The molecule has 0 amide bonds. The second kappa shape index (κ2) is 4.61. The Hall–Kier alpha value is -2.41. The summed E-state index contributed by atoms with van der Waals surface area (Å²) < 4.78 is 26.3. The van der Waals surface area contributed by atoms with Crippen molar-refractivity contribution in [1.29, 1.82) is 0 Å². The summed E-state index contributed by atoms with van der Waals surface area (Å²) in [6.07, 6.45) is 0.692. The molecule has 0 aliphatic heterocycles. The van der Waals surface area contributed by atoms with Gasteiger partial charge in [0.1, 0.15) is 5.82 Å². The number of halogens is 2. The number of rotatable bonds is 2. The van der Waals surface area contributed by atoms with E-state index in [1.54, 1.807) is 13.0 Å². The normalized spacial score (nSPS) is 12.8. The molecule has 3 aromatic rings. The van der Waals surface area contributed by atoms with Crippen molar-refractivity contribution in [3.63, 3.8) is 0 Å². The summed E-state index contributed by atoms with van der Waals surface area (Å²) in [5.41, 5.74) is 1.66. The molecule has 0 spiro atoms. The maximum Gasteiger partial charge on any atom is 0.161 e. The molecule has 2 heterocycles. The Bertz CT molecular complexity index is 746. The molecule has 1 aromatic carbocycles. The van der Waals surface area contributed by atoms with E-state index < -0.39 is 17.7 Å². The summed E-state index contributed by atoms with van der Waals surface area (Å²) in [5, 5.41) is 17.0. The van der Waals surface area contributed by atoms with Gasteiger partial charge in [-0.15, -0.1) is 0 Å². The van der Waals surface area contributed by atoms with Crippen molar-refractivity contribution in [1.82, 2.24) is 20.2 Å². The lowest BCUT2D eigenvalue weighted by molar-refractivity contribution is 0.193. The van der Waals surface area contributed by atoms with Gasteiger partial charge in [0.2, 0.25) is 0 Å². The average Bonchev–Trinajstić information content (AvgIpc) is 2.82. The molecule has 20 heavy (non-hydrogen) atoms. The fourth-order valence-electron chi connectivity index (χ4n) is 1.86. The fourth-order valence-corrected chi connectivity index (χ4v) is 1.86. The third-order valence-electron chi connectivity index (χ3n) is 2.90. The van der Waals surface area contributed by atoms with Crippen LogP contribution in [0.25, 0.3) is 22.4 Å². The Morgan fingerprint density at radius 3 is 2.70 bits per heavy atom. The number of fused-ring (bicyclic) bond motifs is 1. The summed E-state index contributed by atoms with van der Waals surface area (Å²) >= 11 is 0. The van der Waals surface area contributed by atoms with Gasteiger partial charge in [-0.1, -0.05) is 0 Å². The number of nitrogens with one attached hydrogen (secondary N) is 1. The molecule has 0 saturated carbocycles. The molecule has 2 aromatic heterocycles. The van der Waals surface area contributed by atoms with Gasteiger partial charge in [-0.25, -0.2) is 13.8 Å². The van der Waals surface area contributed by atoms with Crippen LogP contribution >= 0.6 is 0 Å². The first-order chi connectivity index (χ1) is 9.54. The van der Waals surface area contributed by atoms with Crippen LogP contribution in [0.5, 0.6) is 0 Å². The van der Waals surface area contributed by atoms with Crippen molar-refractivity contribution in [3.8, 4) is 11.4 Å². The molecule has 0 aliphatic carbocycles. The molecule has 5 nitrogen and oxygen atoms in total. The monoisotopic (exact) mass is 276 g/mol. The van der Waals surface area contributed by atoms with Crippen molar-refractivity contribution >= 4 is 11.0 Å². The zero-order chi connectivity index (χ0) is 14.3. The number of aliphatic hydroxyl groups is 1. The number of hydrogen-bond acceptors (Lipinski definition) is 4. The number of benzene rings is 1. The number of hydrogen-bond donors (Lipinski definition) is 2. The maximum absolute atomic E-state index is 13.2. The van der Waals surface area contributed by atoms with Gasteiger partial charge < -0.3 is 10.1 Å². The van der Waals surface area contributed by atoms with Crippen LogP contribution in [0.2, 0.25) is 0 Å². The van der Waals surface area contributed by atoms with E-state index in [2.05, 4.69) is 20.2 Å². The van der Waals surface area contributed by atoms with E-state index >= 15 is 0 Å².